The molecule has 3 aromatic rings. The monoisotopic (exact) mass is 426 g/mol. The molecule has 0 aliphatic rings. The Morgan fingerprint density at radius 2 is 2.03 bits per heavy atom. The lowest BCUT2D eigenvalue weighted by molar-refractivity contribution is 0.119. The average molecular weight is 427 g/mol. The molecule has 3 rings (SSSR count). The first-order valence-corrected chi connectivity index (χ1v) is 10.8. The van der Waals surface area contributed by atoms with Gasteiger partial charge < -0.3 is 15.0 Å². The average Bonchev–Trinajstić information content (AvgIpc) is 3.33. The van der Waals surface area contributed by atoms with Gasteiger partial charge in [-0.15, -0.1) is 11.3 Å². The normalized spacial score (nSPS) is 12.8. The molecule has 2 aromatic heterocycles. The van der Waals surface area contributed by atoms with Gasteiger partial charge in [-0.3, -0.25) is 4.99 Å². The van der Waals surface area contributed by atoms with Gasteiger partial charge in [0.25, 0.3) is 0 Å². The van der Waals surface area contributed by atoms with Gasteiger partial charge in [-0.2, -0.15) is 5.10 Å². The second-order valence-corrected chi connectivity index (χ2v) is 8.10. The molecule has 8 heteroatoms. The van der Waals surface area contributed by atoms with Crippen LogP contribution in [-0.2, 0) is 17.8 Å². The largest absolute Gasteiger partial charge is 0.375 e. The van der Waals surface area contributed by atoms with Crippen LogP contribution in [0.15, 0.2) is 40.7 Å². The number of para-hydroxylation sites is 1. The van der Waals surface area contributed by atoms with Gasteiger partial charge in [0, 0.05) is 44.4 Å². The molecular formula is C22H30N6OS. The van der Waals surface area contributed by atoms with Crippen LogP contribution in [0.1, 0.15) is 40.7 Å². The van der Waals surface area contributed by atoms with E-state index in [-0.39, 0.29) is 6.10 Å². The Hall–Kier alpha value is -2.71. The van der Waals surface area contributed by atoms with E-state index in [1.807, 2.05) is 43.8 Å². The van der Waals surface area contributed by atoms with E-state index in [2.05, 4.69) is 44.6 Å². The number of nitrogens with zero attached hydrogens (tertiary/aromatic N) is 5. The summed E-state index contributed by atoms with van der Waals surface area (Å²) in [6.07, 6.45) is 0.0126. The fourth-order valence-electron chi connectivity index (χ4n) is 3.30. The molecule has 2 heterocycles. The molecule has 0 saturated carbocycles. The number of aliphatic imine (C=N–C) groups is 1. The van der Waals surface area contributed by atoms with E-state index >= 15 is 0 Å². The predicted octanol–water partition coefficient (Wildman–Crippen LogP) is 3.86. The number of guanidine groups is 1. The maximum atomic E-state index is 5.36. The van der Waals surface area contributed by atoms with Crippen LogP contribution >= 0.6 is 11.3 Å². The second kappa shape index (κ2) is 9.86. The summed E-state index contributed by atoms with van der Waals surface area (Å²) in [5, 5.41) is 11.3. The molecule has 0 spiro atoms. The number of methoxy groups -OCH3 is 1. The molecule has 0 aliphatic heterocycles. The van der Waals surface area contributed by atoms with Crippen molar-refractivity contribution in [1.82, 2.24) is 25.0 Å². The Morgan fingerprint density at radius 3 is 2.70 bits per heavy atom. The third-order valence-corrected chi connectivity index (χ3v) is 6.16. The van der Waals surface area contributed by atoms with E-state index in [1.54, 1.807) is 25.5 Å². The Balaban J connectivity index is 1.67. The van der Waals surface area contributed by atoms with Crippen molar-refractivity contribution in [2.24, 2.45) is 4.99 Å². The Morgan fingerprint density at radius 1 is 1.30 bits per heavy atom. The number of hydrogen-bond acceptors (Lipinski definition) is 5. The highest BCUT2D eigenvalue weighted by molar-refractivity contribution is 7.09. The van der Waals surface area contributed by atoms with Crippen molar-refractivity contribution in [2.45, 2.75) is 40.0 Å². The SMILES string of the molecule is CN=C(NCc1c(C)nn(-c2ccccc2)c1C)N(C)Cc1csc(C(C)OC)n1. The minimum atomic E-state index is 0.0126. The van der Waals surface area contributed by atoms with E-state index in [0.29, 0.717) is 13.1 Å². The lowest BCUT2D eigenvalue weighted by Gasteiger charge is -2.21. The van der Waals surface area contributed by atoms with Gasteiger partial charge in [-0.05, 0) is 32.9 Å². The molecule has 0 radical (unpaired) electrons. The van der Waals surface area contributed by atoms with Crippen molar-refractivity contribution in [3.05, 3.63) is 63.4 Å². The fraction of sp³-hybridized carbons (Fsp3) is 0.409. The van der Waals surface area contributed by atoms with Crippen molar-refractivity contribution in [1.29, 1.82) is 0 Å². The summed E-state index contributed by atoms with van der Waals surface area (Å²) in [7, 11) is 5.51. The number of hydrogen-bond donors (Lipinski definition) is 1. The number of benzene rings is 1. The van der Waals surface area contributed by atoms with Gasteiger partial charge in [0.2, 0.25) is 0 Å². The minimum absolute atomic E-state index is 0.0126. The third kappa shape index (κ3) is 4.88. The van der Waals surface area contributed by atoms with E-state index in [9.17, 15) is 0 Å². The van der Waals surface area contributed by atoms with Crippen LogP contribution < -0.4 is 5.32 Å². The van der Waals surface area contributed by atoms with E-state index < -0.39 is 0 Å². The Kier molecular flexibility index (Phi) is 7.23. The maximum Gasteiger partial charge on any atom is 0.194 e. The highest BCUT2D eigenvalue weighted by Crippen LogP contribution is 2.21. The van der Waals surface area contributed by atoms with Crippen LogP contribution in [0, 0.1) is 13.8 Å². The summed E-state index contributed by atoms with van der Waals surface area (Å²) in [4.78, 5) is 11.2. The lowest BCUT2D eigenvalue weighted by Crippen LogP contribution is -2.38. The Labute approximate surface area is 182 Å². The zero-order valence-corrected chi connectivity index (χ0v) is 19.3. The first kappa shape index (κ1) is 22.0. The summed E-state index contributed by atoms with van der Waals surface area (Å²) in [6, 6.07) is 10.2. The molecular weight excluding hydrogens is 396 g/mol. The van der Waals surface area contributed by atoms with E-state index in [4.69, 9.17) is 9.84 Å². The summed E-state index contributed by atoms with van der Waals surface area (Å²) in [5.41, 5.74) is 5.39. The number of aryl methyl sites for hydroxylation is 1. The van der Waals surface area contributed by atoms with Crippen molar-refractivity contribution >= 4 is 17.3 Å². The van der Waals surface area contributed by atoms with Gasteiger partial charge in [0.05, 0.1) is 23.6 Å². The third-order valence-electron chi connectivity index (χ3n) is 5.11. The summed E-state index contributed by atoms with van der Waals surface area (Å²) in [6.45, 7) is 7.49. The van der Waals surface area contributed by atoms with Crippen LogP contribution in [0.25, 0.3) is 5.69 Å². The van der Waals surface area contributed by atoms with Crippen molar-refractivity contribution in [2.75, 3.05) is 21.2 Å². The van der Waals surface area contributed by atoms with Crippen LogP contribution in [-0.4, -0.2) is 46.8 Å². The zero-order valence-electron chi connectivity index (χ0n) is 18.5. The van der Waals surface area contributed by atoms with Crippen molar-refractivity contribution in [3.8, 4) is 5.69 Å². The highest BCUT2D eigenvalue weighted by Gasteiger charge is 2.16. The quantitative estimate of drug-likeness (QED) is 0.459. The summed E-state index contributed by atoms with van der Waals surface area (Å²) in [5.74, 6) is 0.815. The molecule has 7 nitrogen and oxygen atoms in total. The number of aromatic nitrogens is 3. The van der Waals surface area contributed by atoms with Gasteiger partial charge in [-0.1, -0.05) is 18.2 Å². The van der Waals surface area contributed by atoms with Gasteiger partial charge in [0.15, 0.2) is 5.96 Å². The van der Waals surface area contributed by atoms with Crippen LogP contribution in [0.4, 0.5) is 0 Å². The van der Waals surface area contributed by atoms with Crippen LogP contribution in [0.3, 0.4) is 0 Å². The van der Waals surface area contributed by atoms with Crippen LogP contribution in [0.2, 0.25) is 0 Å². The predicted molar refractivity (Wildman–Crippen MR) is 122 cm³/mol. The first-order valence-electron chi connectivity index (χ1n) is 9.94. The standard InChI is InChI=1S/C22H30N6OS/c1-15-20(16(2)28(26-15)19-10-8-7-9-11-19)12-24-22(23-4)27(5)13-18-14-30-21(25-18)17(3)29-6/h7-11,14,17H,12-13H2,1-6H3,(H,23,24). The van der Waals surface area contributed by atoms with Gasteiger partial charge >= 0.3 is 0 Å². The molecule has 0 fully saturated rings. The van der Waals surface area contributed by atoms with Crippen molar-refractivity contribution < 1.29 is 4.74 Å². The number of rotatable bonds is 7. The first-order chi connectivity index (χ1) is 14.4. The molecule has 30 heavy (non-hydrogen) atoms. The fourth-order valence-corrected chi connectivity index (χ4v) is 4.15. The second-order valence-electron chi connectivity index (χ2n) is 7.21. The van der Waals surface area contributed by atoms with Crippen molar-refractivity contribution in [3.63, 3.8) is 0 Å². The molecule has 1 aromatic carbocycles. The maximum absolute atomic E-state index is 5.36. The number of thiazole rings is 1. The smallest absolute Gasteiger partial charge is 0.194 e. The zero-order chi connectivity index (χ0) is 21.7. The van der Waals surface area contributed by atoms with Crippen LogP contribution in [0.5, 0.6) is 0 Å². The molecule has 0 saturated heterocycles. The molecule has 1 atom stereocenters. The molecule has 0 aliphatic carbocycles. The molecule has 1 N–H and O–H groups in total. The summed E-state index contributed by atoms with van der Waals surface area (Å²) >= 11 is 1.62. The molecule has 0 bridgehead atoms. The number of ether oxygens (including phenoxy) is 1. The lowest BCUT2D eigenvalue weighted by atomic mass is 10.2. The topological polar surface area (TPSA) is 67.6 Å². The van der Waals surface area contributed by atoms with Gasteiger partial charge in [0.1, 0.15) is 11.1 Å². The molecule has 160 valence electrons. The summed E-state index contributed by atoms with van der Waals surface area (Å²) < 4.78 is 7.35. The highest BCUT2D eigenvalue weighted by atomic mass is 32.1. The molecule has 1 unspecified atom stereocenters. The molecule has 0 amide bonds. The van der Waals surface area contributed by atoms with Gasteiger partial charge in [-0.25, -0.2) is 9.67 Å². The van der Waals surface area contributed by atoms with E-state index in [0.717, 1.165) is 33.7 Å². The van der Waals surface area contributed by atoms with E-state index in [1.165, 1.54) is 5.56 Å². The number of nitrogens with one attached hydrogen (secondary N) is 1. The Bertz CT molecular complexity index is 994. The minimum Gasteiger partial charge on any atom is -0.375 e.